The molecule has 0 radical (unpaired) electrons. The third kappa shape index (κ3) is 5.90. The molecule has 2 aliphatic carbocycles. The highest BCUT2D eigenvalue weighted by Gasteiger charge is 2.49. The lowest BCUT2D eigenvalue weighted by atomic mass is 9.63. The molecule has 0 bridgehead atoms. The molecular weight excluding hydrogens is 404 g/mol. The van der Waals surface area contributed by atoms with Crippen molar-refractivity contribution >= 4 is 14.1 Å². The Morgan fingerprint density at radius 3 is 2.52 bits per heavy atom. The van der Waals surface area contributed by atoms with Crippen molar-refractivity contribution in [3.05, 3.63) is 11.6 Å². The van der Waals surface area contributed by atoms with E-state index in [1.54, 1.807) is 7.11 Å². The molecule has 0 unspecified atom stereocenters. The van der Waals surface area contributed by atoms with Gasteiger partial charge in [-0.2, -0.15) is 0 Å². The van der Waals surface area contributed by atoms with Crippen LogP contribution in [0.3, 0.4) is 0 Å². The molecule has 4 atom stereocenters. The van der Waals surface area contributed by atoms with Crippen molar-refractivity contribution in [1.29, 1.82) is 0 Å². The maximum Gasteiger partial charge on any atom is 0.212 e. The molecule has 0 aliphatic heterocycles. The molecule has 2 rings (SSSR count). The van der Waals surface area contributed by atoms with Crippen molar-refractivity contribution in [3.63, 3.8) is 0 Å². The molecule has 0 heterocycles. The third-order valence-electron chi connectivity index (χ3n) is 7.77. The summed E-state index contributed by atoms with van der Waals surface area (Å²) in [5, 5.41) is 0.101. The number of ether oxygens (including phenoxy) is 2. The number of Topliss-reactive ketones (excluding diaryl/α,β-unsaturated/α-hetero) is 1. The Balaban J connectivity index is 2.12. The fraction of sp³-hybridized carbons (Fsp3) is 0.808. The summed E-state index contributed by atoms with van der Waals surface area (Å²) in [5.74, 6) is 6.30. The van der Waals surface area contributed by atoms with E-state index in [0.29, 0.717) is 12.7 Å². The van der Waals surface area contributed by atoms with Gasteiger partial charge in [0.25, 0.3) is 0 Å². The van der Waals surface area contributed by atoms with E-state index in [-0.39, 0.29) is 28.3 Å². The van der Waals surface area contributed by atoms with Gasteiger partial charge in [-0.1, -0.05) is 52.2 Å². The molecule has 0 aromatic rings. The predicted octanol–water partition coefficient (Wildman–Crippen LogP) is 6.12. The number of carbonyl (C=O) groups is 1. The Morgan fingerprint density at radius 2 is 1.94 bits per heavy atom. The summed E-state index contributed by atoms with van der Waals surface area (Å²) < 4.78 is 17.6. The van der Waals surface area contributed by atoms with Gasteiger partial charge in [-0.05, 0) is 74.9 Å². The first-order chi connectivity index (χ1) is 14.1. The van der Waals surface area contributed by atoms with E-state index in [0.717, 1.165) is 25.7 Å². The second-order valence-corrected chi connectivity index (χ2v) is 16.4. The van der Waals surface area contributed by atoms with Crippen LogP contribution in [0.1, 0.15) is 74.1 Å². The number of allylic oxidation sites excluding steroid dienone is 2. The van der Waals surface area contributed by atoms with Crippen molar-refractivity contribution in [3.8, 4) is 11.8 Å². The molecule has 5 heteroatoms. The molecule has 1 fully saturated rings. The topological polar surface area (TPSA) is 44.8 Å². The van der Waals surface area contributed by atoms with Gasteiger partial charge >= 0.3 is 0 Å². The molecule has 0 saturated heterocycles. The molecule has 4 nitrogen and oxygen atoms in total. The summed E-state index contributed by atoms with van der Waals surface area (Å²) in [4.78, 5) is 13.1. The van der Waals surface area contributed by atoms with E-state index in [1.807, 2.05) is 20.8 Å². The standard InChI is InChI=1S/C26H44O4Si/c1-19(22(27)15-17-25(5,6)30-31(9,10)24(2,3)4)20-13-14-21-23(29-18-28-8)12-11-16-26(20,21)7/h13,19,21,23H,11-12,14,16,18H2,1-10H3/t19-,21-,23-,26+/m0/s1. The first-order valence-corrected chi connectivity index (χ1v) is 14.6. The first kappa shape index (κ1) is 26.3. The highest BCUT2D eigenvalue weighted by Crippen LogP contribution is 2.55. The molecule has 0 aromatic carbocycles. The maximum atomic E-state index is 13.1. The van der Waals surface area contributed by atoms with E-state index < -0.39 is 13.9 Å². The largest absolute Gasteiger partial charge is 0.401 e. The molecule has 0 amide bonds. The quantitative estimate of drug-likeness (QED) is 0.155. The Morgan fingerprint density at radius 1 is 1.29 bits per heavy atom. The summed E-state index contributed by atoms with van der Waals surface area (Å²) >= 11 is 0. The van der Waals surface area contributed by atoms with Crippen LogP contribution in [0.4, 0.5) is 0 Å². The maximum absolute atomic E-state index is 13.1. The smallest absolute Gasteiger partial charge is 0.212 e. The third-order valence-corrected chi connectivity index (χ3v) is 12.4. The van der Waals surface area contributed by atoms with Gasteiger partial charge in [0.15, 0.2) is 8.32 Å². The van der Waals surface area contributed by atoms with E-state index in [4.69, 9.17) is 13.9 Å². The first-order valence-electron chi connectivity index (χ1n) is 11.7. The predicted molar refractivity (Wildman–Crippen MR) is 129 cm³/mol. The molecule has 176 valence electrons. The van der Waals surface area contributed by atoms with E-state index >= 15 is 0 Å². The Labute approximate surface area is 191 Å². The van der Waals surface area contributed by atoms with Crippen LogP contribution >= 0.6 is 0 Å². The SMILES string of the molecule is COCO[C@H]1CCC[C@]2(C)C([C@H](C)C(=O)C#CC(C)(C)O[Si](C)(C)C(C)(C)C)=CC[C@@H]12. The number of fused-ring (bicyclic) bond motifs is 1. The number of rotatable bonds is 7. The molecular formula is C26H44O4Si. The molecule has 31 heavy (non-hydrogen) atoms. The van der Waals surface area contributed by atoms with Gasteiger partial charge in [0.2, 0.25) is 5.78 Å². The summed E-state index contributed by atoms with van der Waals surface area (Å²) in [5.41, 5.74) is 0.602. The summed E-state index contributed by atoms with van der Waals surface area (Å²) in [7, 11) is -0.306. The molecule has 2 aliphatic rings. The normalized spacial score (nSPS) is 27.7. The van der Waals surface area contributed by atoms with Gasteiger partial charge in [0.05, 0.1) is 6.10 Å². The van der Waals surface area contributed by atoms with Crippen LogP contribution < -0.4 is 0 Å². The van der Waals surface area contributed by atoms with Crippen LogP contribution in [0.15, 0.2) is 11.6 Å². The molecule has 0 N–H and O–H groups in total. The Kier molecular flexibility index (Phi) is 8.07. The van der Waals surface area contributed by atoms with Gasteiger partial charge in [0, 0.05) is 13.0 Å². The average Bonchev–Trinajstić information content (AvgIpc) is 2.99. The number of ketones is 1. The Bertz CT molecular complexity index is 750. The lowest BCUT2D eigenvalue weighted by molar-refractivity contribution is -0.123. The summed E-state index contributed by atoms with van der Waals surface area (Å²) in [6.07, 6.45) is 6.70. The minimum atomic E-state index is -1.97. The van der Waals surface area contributed by atoms with Gasteiger partial charge in [-0.3, -0.25) is 4.79 Å². The number of carbonyl (C=O) groups excluding carboxylic acids is 1. The zero-order chi connectivity index (χ0) is 23.7. The monoisotopic (exact) mass is 448 g/mol. The minimum absolute atomic E-state index is 0.000568. The zero-order valence-electron chi connectivity index (χ0n) is 21.5. The fourth-order valence-electron chi connectivity index (χ4n) is 5.03. The van der Waals surface area contributed by atoms with Gasteiger partial charge in [-0.15, -0.1) is 0 Å². The second kappa shape index (κ2) is 9.51. The van der Waals surface area contributed by atoms with Gasteiger partial charge in [-0.25, -0.2) is 0 Å². The number of methoxy groups -OCH3 is 1. The Hall–Kier alpha value is -0.933. The fourth-order valence-corrected chi connectivity index (χ4v) is 6.66. The highest BCUT2D eigenvalue weighted by atomic mass is 28.4. The second-order valence-electron chi connectivity index (χ2n) is 11.6. The summed E-state index contributed by atoms with van der Waals surface area (Å²) in [6, 6.07) is 0. The van der Waals surface area contributed by atoms with Crippen LogP contribution in [-0.4, -0.2) is 39.7 Å². The van der Waals surface area contributed by atoms with Crippen molar-refractivity contribution in [2.24, 2.45) is 17.3 Å². The molecule has 1 saturated carbocycles. The number of hydrogen-bond donors (Lipinski definition) is 0. The van der Waals surface area contributed by atoms with Crippen LogP contribution in [0.25, 0.3) is 0 Å². The van der Waals surface area contributed by atoms with Gasteiger partial charge in [0.1, 0.15) is 12.4 Å². The van der Waals surface area contributed by atoms with Crippen molar-refractivity contribution in [2.75, 3.05) is 13.9 Å². The lowest BCUT2D eigenvalue weighted by Gasteiger charge is -2.44. The average molecular weight is 449 g/mol. The number of hydrogen-bond acceptors (Lipinski definition) is 4. The van der Waals surface area contributed by atoms with Crippen LogP contribution in [0, 0.1) is 29.1 Å². The van der Waals surface area contributed by atoms with E-state index in [9.17, 15) is 4.79 Å². The van der Waals surface area contributed by atoms with Crippen LogP contribution in [-0.2, 0) is 18.7 Å². The van der Waals surface area contributed by atoms with E-state index in [1.165, 1.54) is 5.57 Å². The van der Waals surface area contributed by atoms with Crippen LogP contribution in [0.5, 0.6) is 0 Å². The van der Waals surface area contributed by atoms with Gasteiger partial charge < -0.3 is 13.9 Å². The lowest BCUT2D eigenvalue weighted by Crippen LogP contribution is -2.47. The minimum Gasteiger partial charge on any atom is -0.401 e. The molecule has 0 aromatic heterocycles. The van der Waals surface area contributed by atoms with E-state index in [2.05, 4.69) is 58.7 Å². The van der Waals surface area contributed by atoms with Crippen molar-refractivity contribution in [1.82, 2.24) is 0 Å². The molecule has 0 spiro atoms. The summed E-state index contributed by atoms with van der Waals surface area (Å²) in [6.45, 7) is 19.7. The highest BCUT2D eigenvalue weighted by molar-refractivity contribution is 6.74. The van der Waals surface area contributed by atoms with Crippen LogP contribution in [0.2, 0.25) is 18.1 Å². The zero-order valence-corrected chi connectivity index (χ0v) is 22.5. The van der Waals surface area contributed by atoms with Crippen molar-refractivity contribution in [2.45, 2.75) is 104 Å². The van der Waals surface area contributed by atoms with Crippen molar-refractivity contribution < 1.29 is 18.7 Å².